The molecular weight excluding hydrogens is 590 g/mol. The van der Waals surface area contributed by atoms with Gasteiger partial charge < -0.3 is 20.4 Å². The maximum atomic E-state index is 14.2. The topological polar surface area (TPSA) is 103 Å². The monoisotopic (exact) mass is 615 g/mol. The number of halogens is 8. The minimum absolute atomic E-state index is 0.109. The number of alkyl halides is 8. The summed E-state index contributed by atoms with van der Waals surface area (Å²) in [6, 6.07) is 0.271. The van der Waals surface area contributed by atoms with E-state index >= 15 is 0 Å². The van der Waals surface area contributed by atoms with Gasteiger partial charge in [0.15, 0.2) is 5.01 Å². The highest BCUT2D eigenvalue weighted by Crippen LogP contribution is 2.51. The van der Waals surface area contributed by atoms with Gasteiger partial charge in [-0.3, -0.25) is 9.59 Å². The summed E-state index contributed by atoms with van der Waals surface area (Å²) in [5.41, 5.74) is -11.1. The molecule has 2 aliphatic rings. The zero-order chi connectivity index (χ0) is 30.7. The number of nitrogens with one attached hydrogen (secondary N) is 1. The Hall–Kier alpha value is -2.85. The highest BCUT2D eigenvalue weighted by molar-refractivity contribution is 7.17. The van der Waals surface area contributed by atoms with Gasteiger partial charge in [0.25, 0.3) is 23.8 Å². The van der Waals surface area contributed by atoms with Gasteiger partial charge in [0.2, 0.25) is 0 Å². The molecule has 0 spiro atoms. The quantitative estimate of drug-likeness (QED) is 0.366. The van der Waals surface area contributed by atoms with E-state index in [4.69, 9.17) is 0 Å². The number of fused-ring (bicyclic) bond motifs is 2. The lowest BCUT2D eigenvalue weighted by Crippen LogP contribution is -2.54. The third-order valence-corrected chi connectivity index (χ3v) is 8.25. The van der Waals surface area contributed by atoms with E-state index < -0.39 is 69.2 Å². The van der Waals surface area contributed by atoms with Crippen LogP contribution < -0.4 is 5.32 Å². The lowest BCUT2D eigenvalue weighted by atomic mass is 9.89. The molecule has 2 aromatic rings. The zero-order valence-corrected chi connectivity index (χ0v) is 22.4. The van der Waals surface area contributed by atoms with E-state index in [2.05, 4.69) is 10.3 Å². The Morgan fingerprint density at radius 1 is 1.02 bits per heavy atom. The molecule has 2 bridgehead atoms. The van der Waals surface area contributed by atoms with Crippen molar-refractivity contribution >= 4 is 23.2 Å². The van der Waals surface area contributed by atoms with Crippen LogP contribution in [0.5, 0.6) is 0 Å². The van der Waals surface area contributed by atoms with Gasteiger partial charge in [-0.05, 0) is 45.6 Å². The van der Waals surface area contributed by atoms with Crippen molar-refractivity contribution in [3.8, 4) is 10.4 Å². The van der Waals surface area contributed by atoms with Crippen molar-refractivity contribution in [2.24, 2.45) is 0 Å². The van der Waals surface area contributed by atoms with Gasteiger partial charge in [-0.25, -0.2) is 13.8 Å². The maximum Gasteiger partial charge on any atom is 0.430 e. The predicted octanol–water partition coefficient (Wildman–Crippen LogP) is 5.33. The zero-order valence-electron chi connectivity index (χ0n) is 21.5. The second-order valence-electron chi connectivity index (χ2n) is 10.7. The van der Waals surface area contributed by atoms with Crippen LogP contribution in [0.15, 0.2) is 18.2 Å². The SMILES string of the molecule is CC(C)(O)CNC(=O)c1nc(C(=O)N2C3CCC2CC3)c(-c2ccc(C(O)(C(F)(F)F)C(F)(F)F)cc2C(F)F)s1. The average molecular weight is 616 g/mol. The summed E-state index contributed by atoms with van der Waals surface area (Å²) in [7, 11) is 0. The third kappa shape index (κ3) is 5.65. The Morgan fingerprint density at radius 3 is 2.02 bits per heavy atom. The molecular formula is C25H25F8N3O4S. The number of carbonyl (C=O) groups is 2. The number of benzene rings is 1. The number of nitrogens with zero attached hydrogens (tertiary/aromatic N) is 2. The Kier molecular flexibility index (Phi) is 7.93. The van der Waals surface area contributed by atoms with E-state index in [1.54, 1.807) is 0 Å². The van der Waals surface area contributed by atoms with Crippen molar-refractivity contribution in [1.82, 2.24) is 15.2 Å². The molecule has 1 aromatic carbocycles. The molecule has 41 heavy (non-hydrogen) atoms. The number of carbonyl (C=O) groups excluding carboxylic acids is 2. The molecule has 3 N–H and O–H groups in total. The average Bonchev–Trinajstić information content (AvgIpc) is 3.58. The van der Waals surface area contributed by atoms with E-state index in [0.717, 1.165) is 0 Å². The summed E-state index contributed by atoms with van der Waals surface area (Å²) in [4.78, 5) is 31.6. The summed E-state index contributed by atoms with van der Waals surface area (Å²) in [6.07, 6.45) is -13.5. The van der Waals surface area contributed by atoms with E-state index in [-0.39, 0.29) is 35.6 Å². The second kappa shape index (κ2) is 10.5. The molecule has 0 aliphatic carbocycles. The fraction of sp³-hybridized carbons (Fsp3) is 0.560. The Bertz CT molecular complexity index is 1300. The smallest absolute Gasteiger partial charge is 0.389 e. The minimum atomic E-state index is -6.31. The molecule has 16 heteroatoms. The molecule has 2 aliphatic heterocycles. The third-order valence-electron chi connectivity index (χ3n) is 7.16. The summed E-state index contributed by atoms with van der Waals surface area (Å²) in [5.74, 6) is -1.60. The highest BCUT2D eigenvalue weighted by atomic mass is 32.1. The number of aliphatic hydroxyl groups is 2. The van der Waals surface area contributed by atoms with E-state index in [9.17, 15) is 54.9 Å². The summed E-state index contributed by atoms with van der Waals surface area (Å²) in [5, 5.41) is 21.6. The Morgan fingerprint density at radius 2 is 1.56 bits per heavy atom. The molecule has 0 saturated carbocycles. The first-order valence-electron chi connectivity index (χ1n) is 12.4. The van der Waals surface area contributed by atoms with Crippen molar-refractivity contribution in [2.75, 3.05) is 6.54 Å². The first-order chi connectivity index (χ1) is 18.8. The van der Waals surface area contributed by atoms with Crippen LogP contribution in [0.3, 0.4) is 0 Å². The number of amides is 2. The van der Waals surface area contributed by atoms with Crippen LogP contribution in [0.4, 0.5) is 35.1 Å². The van der Waals surface area contributed by atoms with Crippen molar-refractivity contribution in [3.05, 3.63) is 40.0 Å². The molecule has 7 nitrogen and oxygen atoms in total. The molecule has 0 radical (unpaired) electrons. The van der Waals surface area contributed by atoms with Gasteiger partial charge in [-0.1, -0.05) is 12.1 Å². The molecule has 3 heterocycles. The first-order valence-corrected chi connectivity index (χ1v) is 13.2. The molecule has 0 unspecified atom stereocenters. The Labute approximate surface area is 232 Å². The van der Waals surface area contributed by atoms with E-state index in [0.29, 0.717) is 43.1 Å². The number of thiazole rings is 1. The molecule has 2 amide bonds. The van der Waals surface area contributed by atoms with Crippen LogP contribution in [0.25, 0.3) is 10.4 Å². The maximum absolute atomic E-state index is 14.2. The molecule has 2 fully saturated rings. The number of rotatable bonds is 7. The van der Waals surface area contributed by atoms with Crippen LogP contribution >= 0.6 is 11.3 Å². The van der Waals surface area contributed by atoms with Crippen LogP contribution in [-0.2, 0) is 5.60 Å². The summed E-state index contributed by atoms with van der Waals surface area (Å²) < 4.78 is 109. The predicted molar refractivity (Wildman–Crippen MR) is 129 cm³/mol. The van der Waals surface area contributed by atoms with E-state index in [1.807, 2.05) is 0 Å². The summed E-state index contributed by atoms with van der Waals surface area (Å²) >= 11 is 0.445. The molecule has 2 saturated heterocycles. The highest BCUT2D eigenvalue weighted by Gasteiger charge is 2.71. The molecule has 226 valence electrons. The largest absolute Gasteiger partial charge is 0.430 e. The van der Waals surface area contributed by atoms with Crippen LogP contribution in [0.1, 0.15) is 77.4 Å². The van der Waals surface area contributed by atoms with Crippen molar-refractivity contribution < 1.29 is 54.9 Å². The summed E-state index contributed by atoms with van der Waals surface area (Å²) in [6.45, 7) is 2.52. The standard InChI is InChI=1S/C25H25F8N3O4S/c1-22(2,39)10-34-19(37)20-35-16(21(38)36-12-4-5-13(36)7-6-12)17(41-20)14-8-3-11(9-15(14)18(26)27)23(40,24(28,29)30)25(31,32)33/h3,8-9,12-13,18,39-40H,4-7,10H2,1-2H3,(H,34,37). The molecule has 1 aromatic heterocycles. The molecule has 0 atom stereocenters. The van der Waals surface area contributed by atoms with Gasteiger partial charge in [0.1, 0.15) is 5.69 Å². The van der Waals surface area contributed by atoms with Crippen LogP contribution in [0.2, 0.25) is 0 Å². The van der Waals surface area contributed by atoms with Gasteiger partial charge >= 0.3 is 12.4 Å². The van der Waals surface area contributed by atoms with Gasteiger partial charge in [0, 0.05) is 35.3 Å². The van der Waals surface area contributed by atoms with Gasteiger partial charge in [-0.2, -0.15) is 26.3 Å². The Balaban J connectivity index is 1.87. The number of hydrogen-bond donors (Lipinski definition) is 3. The lowest BCUT2D eigenvalue weighted by molar-refractivity contribution is -0.376. The van der Waals surface area contributed by atoms with E-state index in [1.165, 1.54) is 18.7 Å². The molecule has 4 rings (SSSR count). The van der Waals surface area contributed by atoms with Crippen molar-refractivity contribution in [1.29, 1.82) is 0 Å². The second-order valence-corrected chi connectivity index (χ2v) is 11.7. The van der Waals surface area contributed by atoms with Crippen molar-refractivity contribution in [3.63, 3.8) is 0 Å². The van der Waals surface area contributed by atoms with Crippen LogP contribution in [0, 0.1) is 0 Å². The number of hydrogen-bond acceptors (Lipinski definition) is 6. The van der Waals surface area contributed by atoms with Crippen LogP contribution in [-0.4, -0.2) is 68.5 Å². The lowest BCUT2D eigenvalue weighted by Gasteiger charge is -2.33. The van der Waals surface area contributed by atoms with Gasteiger partial charge in [-0.15, -0.1) is 11.3 Å². The fourth-order valence-electron chi connectivity index (χ4n) is 5.15. The van der Waals surface area contributed by atoms with Gasteiger partial charge in [0.05, 0.1) is 10.5 Å². The number of aromatic nitrogens is 1. The minimum Gasteiger partial charge on any atom is -0.389 e. The fourth-order valence-corrected chi connectivity index (χ4v) is 6.17. The first kappa shape index (κ1) is 31.1. The normalized spacial score (nSPS) is 19.8. The van der Waals surface area contributed by atoms with Crippen molar-refractivity contribution in [2.45, 2.75) is 81.6 Å².